The van der Waals surface area contributed by atoms with Gasteiger partial charge in [-0.25, -0.2) is 9.78 Å². The van der Waals surface area contributed by atoms with Crippen molar-refractivity contribution in [2.45, 2.75) is 25.9 Å². The van der Waals surface area contributed by atoms with E-state index < -0.39 is 0 Å². The lowest BCUT2D eigenvalue weighted by Crippen LogP contribution is -2.38. The minimum atomic E-state index is -0.178. The number of rotatable bonds is 5. The number of hydrogen-bond acceptors (Lipinski definition) is 2. The SMILES string of the molecule is C[C@H](NC(=O)N[C@H](C)c1ccccc1)c1ccc(-n2ccnc2)cc1. The molecular formula is C20H22N4O. The fourth-order valence-corrected chi connectivity index (χ4v) is 2.69. The third-order valence-electron chi connectivity index (χ3n) is 4.19. The molecule has 0 aliphatic rings. The summed E-state index contributed by atoms with van der Waals surface area (Å²) in [6, 6.07) is 17.7. The molecule has 1 heterocycles. The molecule has 5 nitrogen and oxygen atoms in total. The van der Waals surface area contributed by atoms with Crippen LogP contribution in [-0.2, 0) is 0 Å². The summed E-state index contributed by atoms with van der Waals surface area (Å²) >= 11 is 0. The van der Waals surface area contributed by atoms with E-state index in [1.54, 1.807) is 12.5 Å². The largest absolute Gasteiger partial charge is 0.332 e. The fraction of sp³-hybridized carbons (Fsp3) is 0.200. The fourth-order valence-electron chi connectivity index (χ4n) is 2.69. The average molecular weight is 334 g/mol. The second-order valence-electron chi connectivity index (χ2n) is 6.03. The van der Waals surface area contributed by atoms with Gasteiger partial charge in [0.05, 0.1) is 18.4 Å². The molecule has 2 aromatic carbocycles. The van der Waals surface area contributed by atoms with Crippen molar-refractivity contribution in [3.8, 4) is 5.69 Å². The number of carbonyl (C=O) groups is 1. The molecule has 0 fully saturated rings. The number of nitrogens with one attached hydrogen (secondary N) is 2. The van der Waals surface area contributed by atoms with Crippen LogP contribution in [0, 0.1) is 0 Å². The number of benzene rings is 2. The summed E-state index contributed by atoms with van der Waals surface area (Å²) in [6.07, 6.45) is 5.40. The number of imidazole rings is 1. The van der Waals surface area contributed by atoms with Gasteiger partial charge in [-0.15, -0.1) is 0 Å². The van der Waals surface area contributed by atoms with Crippen molar-refractivity contribution >= 4 is 6.03 Å². The number of carbonyl (C=O) groups excluding carboxylic acids is 1. The molecule has 2 atom stereocenters. The van der Waals surface area contributed by atoms with Crippen LogP contribution in [0.2, 0.25) is 0 Å². The Kier molecular flexibility index (Phi) is 5.14. The van der Waals surface area contributed by atoms with Gasteiger partial charge in [-0.05, 0) is 37.1 Å². The molecule has 3 rings (SSSR count). The molecule has 128 valence electrons. The topological polar surface area (TPSA) is 59.0 Å². The zero-order chi connectivity index (χ0) is 17.6. The van der Waals surface area contributed by atoms with E-state index in [0.29, 0.717) is 0 Å². The zero-order valence-corrected chi connectivity index (χ0v) is 14.4. The van der Waals surface area contributed by atoms with Gasteiger partial charge in [-0.3, -0.25) is 0 Å². The molecule has 1 aromatic heterocycles. The highest BCUT2D eigenvalue weighted by atomic mass is 16.2. The molecule has 0 aliphatic heterocycles. The van der Waals surface area contributed by atoms with E-state index in [-0.39, 0.29) is 18.1 Å². The summed E-state index contributed by atoms with van der Waals surface area (Å²) in [4.78, 5) is 16.3. The molecule has 25 heavy (non-hydrogen) atoms. The second kappa shape index (κ2) is 7.66. The van der Waals surface area contributed by atoms with Crippen LogP contribution in [0.25, 0.3) is 5.69 Å². The molecular weight excluding hydrogens is 312 g/mol. The first-order valence-corrected chi connectivity index (χ1v) is 8.34. The van der Waals surface area contributed by atoms with E-state index in [0.717, 1.165) is 16.8 Å². The van der Waals surface area contributed by atoms with Crippen molar-refractivity contribution in [3.05, 3.63) is 84.4 Å². The van der Waals surface area contributed by atoms with Gasteiger partial charge in [0.1, 0.15) is 0 Å². The summed E-state index contributed by atoms with van der Waals surface area (Å²) in [5, 5.41) is 5.95. The maximum atomic E-state index is 12.2. The van der Waals surface area contributed by atoms with Gasteiger partial charge in [0.2, 0.25) is 0 Å². The van der Waals surface area contributed by atoms with Crippen LogP contribution in [0.3, 0.4) is 0 Å². The third kappa shape index (κ3) is 4.26. The van der Waals surface area contributed by atoms with Crippen LogP contribution in [0.1, 0.15) is 37.1 Å². The standard InChI is InChI=1S/C20H22N4O/c1-15(17-6-4-3-5-7-17)22-20(25)23-16(2)18-8-10-19(11-9-18)24-13-12-21-14-24/h3-16H,1-2H3,(H2,22,23,25)/t15-,16+/m1/s1. The lowest BCUT2D eigenvalue weighted by molar-refractivity contribution is 0.235. The predicted molar refractivity (Wildman–Crippen MR) is 98.5 cm³/mol. The monoisotopic (exact) mass is 334 g/mol. The van der Waals surface area contributed by atoms with Gasteiger partial charge in [-0.2, -0.15) is 0 Å². The van der Waals surface area contributed by atoms with Gasteiger partial charge in [0.25, 0.3) is 0 Å². The summed E-state index contributed by atoms with van der Waals surface area (Å²) in [6.45, 7) is 3.94. The van der Waals surface area contributed by atoms with E-state index in [4.69, 9.17) is 0 Å². The van der Waals surface area contributed by atoms with Crippen molar-refractivity contribution in [1.82, 2.24) is 20.2 Å². The van der Waals surface area contributed by atoms with E-state index in [1.165, 1.54) is 0 Å². The molecule has 5 heteroatoms. The Balaban J connectivity index is 1.58. The smallest absolute Gasteiger partial charge is 0.315 e. The molecule has 0 aliphatic carbocycles. The Hall–Kier alpha value is -3.08. The number of nitrogens with zero attached hydrogens (tertiary/aromatic N) is 2. The molecule has 3 aromatic rings. The van der Waals surface area contributed by atoms with E-state index in [2.05, 4.69) is 15.6 Å². The number of urea groups is 1. The Labute approximate surface area is 147 Å². The maximum absolute atomic E-state index is 12.2. The lowest BCUT2D eigenvalue weighted by Gasteiger charge is -2.19. The van der Waals surface area contributed by atoms with Gasteiger partial charge in [-0.1, -0.05) is 42.5 Å². The first kappa shape index (κ1) is 16.8. The Bertz CT molecular complexity index is 797. The number of hydrogen-bond donors (Lipinski definition) is 2. The average Bonchev–Trinajstić information content (AvgIpc) is 3.17. The van der Waals surface area contributed by atoms with Gasteiger partial charge >= 0.3 is 6.03 Å². The summed E-state index contributed by atoms with van der Waals surface area (Å²) < 4.78 is 1.94. The van der Waals surface area contributed by atoms with Crippen molar-refractivity contribution < 1.29 is 4.79 Å². The second-order valence-corrected chi connectivity index (χ2v) is 6.03. The minimum Gasteiger partial charge on any atom is -0.332 e. The quantitative estimate of drug-likeness (QED) is 0.741. The molecule has 0 spiro atoms. The molecule has 0 saturated carbocycles. The zero-order valence-electron chi connectivity index (χ0n) is 14.4. The van der Waals surface area contributed by atoms with Crippen LogP contribution < -0.4 is 10.6 Å². The Morgan fingerprint density at radius 1 is 0.920 bits per heavy atom. The van der Waals surface area contributed by atoms with Crippen LogP contribution in [0.4, 0.5) is 4.79 Å². The lowest BCUT2D eigenvalue weighted by atomic mass is 10.1. The highest BCUT2D eigenvalue weighted by Crippen LogP contribution is 2.16. The normalized spacial score (nSPS) is 13.0. The molecule has 0 bridgehead atoms. The highest BCUT2D eigenvalue weighted by Gasteiger charge is 2.12. The molecule has 0 saturated heterocycles. The van der Waals surface area contributed by atoms with Crippen molar-refractivity contribution in [3.63, 3.8) is 0 Å². The van der Waals surface area contributed by atoms with E-state index in [9.17, 15) is 4.79 Å². The van der Waals surface area contributed by atoms with Crippen LogP contribution in [0.5, 0.6) is 0 Å². The summed E-state index contributed by atoms with van der Waals surface area (Å²) in [5.41, 5.74) is 3.16. The maximum Gasteiger partial charge on any atom is 0.315 e. The van der Waals surface area contributed by atoms with Gasteiger partial charge < -0.3 is 15.2 Å². The van der Waals surface area contributed by atoms with Crippen LogP contribution in [-0.4, -0.2) is 15.6 Å². The first-order valence-electron chi connectivity index (χ1n) is 8.34. The molecule has 2 N–H and O–H groups in total. The van der Waals surface area contributed by atoms with Gasteiger partial charge in [0, 0.05) is 18.1 Å². The number of amides is 2. The van der Waals surface area contributed by atoms with Crippen molar-refractivity contribution in [1.29, 1.82) is 0 Å². The minimum absolute atomic E-state index is 0.0444. The molecule has 2 amide bonds. The Morgan fingerprint density at radius 3 is 2.08 bits per heavy atom. The first-order chi connectivity index (χ1) is 12.1. The third-order valence-corrected chi connectivity index (χ3v) is 4.19. The summed E-state index contributed by atoms with van der Waals surface area (Å²) in [7, 11) is 0. The van der Waals surface area contributed by atoms with Crippen LogP contribution in [0.15, 0.2) is 73.3 Å². The highest BCUT2D eigenvalue weighted by molar-refractivity contribution is 5.75. The molecule has 0 unspecified atom stereocenters. The molecule has 0 radical (unpaired) electrons. The van der Waals surface area contributed by atoms with E-state index >= 15 is 0 Å². The predicted octanol–water partition coefficient (Wildman–Crippen LogP) is 3.99. The number of aromatic nitrogens is 2. The van der Waals surface area contributed by atoms with E-state index in [1.807, 2.05) is 79.2 Å². The summed E-state index contributed by atoms with van der Waals surface area (Å²) in [5.74, 6) is 0. The van der Waals surface area contributed by atoms with Gasteiger partial charge in [0.15, 0.2) is 0 Å². The van der Waals surface area contributed by atoms with Crippen molar-refractivity contribution in [2.24, 2.45) is 0 Å². The van der Waals surface area contributed by atoms with Crippen molar-refractivity contribution in [2.75, 3.05) is 0 Å². The Morgan fingerprint density at radius 2 is 1.52 bits per heavy atom. The van der Waals surface area contributed by atoms with Crippen LogP contribution >= 0.6 is 0 Å².